The van der Waals surface area contributed by atoms with Crippen molar-refractivity contribution < 1.29 is 0 Å². The summed E-state index contributed by atoms with van der Waals surface area (Å²) in [7, 11) is 2.09. The molecule has 3 rings (SSSR count). The quantitative estimate of drug-likeness (QED) is 0.858. The molecule has 0 spiro atoms. The fraction of sp³-hybridized carbons (Fsp3) is 0.500. The highest BCUT2D eigenvalue weighted by Gasteiger charge is 2.48. The Labute approximate surface area is 102 Å². The summed E-state index contributed by atoms with van der Waals surface area (Å²) in [6.07, 6.45) is 2.40. The van der Waals surface area contributed by atoms with Gasteiger partial charge in [0.1, 0.15) is 5.82 Å². The summed E-state index contributed by atoms with van der Waals surface area (Å²) in [4.78, 5) is 4.60. The number of aromatic nitrogens is 2. The van der Waals surface area contributed by atoms with E-state index in [2.05, 4.69) is 48.6 Å². The van der Waals surface area contributed by atoms with E-state index >= 15 is 0 Å². The number of hydrogen-bond acceptors (Lipinski definition) is 2. The van der Waals surface area contributed by atoms with Crippen LogP contribution in [-0.2, 0) is 12.5 Å². The van der Waals surface area contributed by atoms with E-state index in [1.54, 1.807) is 0 Å². The van der Waals surface area contributed by atoms with Crippen molar-refractivity contribution in [3.63, 3.8) is 0 Å². The number of nitrogens with zero attached hydrogens (tertiary/aromatic N) is 2. The summed E-state index contributed by atoms with van der Waals surface area (Å²) in [5.41, 5.74) is 10.1. The number of fused-ring (bicyclic) bond motifs is 1. The second-order valence-corrected chi connectivity index (χ2v) is 5.34. The van der Waals surface area contributed by atoms with Crippen molar-refractivity contribution in [2.24, 2.45) is 12.8 Å². The van der Waals surface area contributed by atoms with Crippen molar-refractivity contribution in [2.75, 3.05) is 0 Å². The van der Waals surface area contributed by atoms with Crippen LogP contribution in [0.2, 0.25) is 0 Å². The lowest BCUT2D eigenvalue weighted by Crippen LogP contribution is -2.31. The van der Waals surface area contributed by atoms with Crippen LogP contribution in [0.5, 0.6) is 0 Å². The molecule has 90 valence electrons. The van der Waals surface area contributed by atoms with Crippen molar-refractivity contribution in [2.45, 2.75) is 38.1 Å². The molecule has 3 nitrogen and oxygen atoms in total. The zero-order chi connectivity index (χ0) is 12.2. The zero-order valence-corrected chi connectivity index (χ0v) is 10.7. The third-order valence-electron chi connectivity index (χ3n) is 4.31. The van der Waals surface area contributed by atoms with Crippen LogP contribution in [0.3, 0.4) is 0 Å². The first-order valence-electron chi connectivity index (χ1n) is 6.24. The summed E-state index contributed by atoms with van der Waals surface area (Å²) in [6, 6.07) is 6.62. The molecule has 1 saturated carbocycles. The molecule has 1 aromatic carbocycles. The van der Waals surface area contributed by atoms with E-state index in [1.807, 2.05) is 0 Å². The molecule has 1 aromatic heterocycles. The first kappa shape index (κ1) is 10.8. The third kappa shape index (κ3) is 1.35. The minimum Gasteiger partial charge on any atom is -0.331 e. The summed E-state index contributed by atoms with van der Waals surface area (Å²) < 4.78 is 2.19. The van der Waals surface area contributed by atoms with E-state index in [9.17, 15) is 0 Å². The van der Waals surface area contributed by atoms with Gasteiger partial charge in [0.2, 0.25) is 0 Å². The van der Waals surface area contributed by atoms with Gasteiger partial charge in [0.25, 0.3) is 0 Å². The maximum absolute atomic E-state index is 6.18. The summed E-state index contributed by atoms with van der Waals surface area (Å²) in [6.45, 7) is 4.17. The number of aryl methyl sites for hydroxylation is 2. The van der Waals surface area contributed by atoms with Gasteiger partial charge in [-0.3, -0.25) is 0 Å². The molecular weight excluding hydrogens is 210 g/mol. The lowest BCUT2D eigenvalue weighted by molar-refractivity contribution is 0.558. The lowest BCUT2D eigenvalue weighted by atomic mass is 9.88. The summed E-state index contributed by atoms with van der Waals surface area (Å²) in [5.74, 6) is 1.06. The molecule has 0 bridgehead atoms. The van der Waals surface area contributed by atoms with E-state index in [0.29, 0.717) is 0 Å². The smallest absolute Gasteiger partial charge is 0.106 e. The largest absolute Gasteiger partial charge is 0.331 e. The second-order valence-electron chi connectivity index (χ2n) is 5.34. The molecule has 1 fully saturated rings. The Morgan fingerprint density at radius 2 is 2.12 bits per heavy atom. The number of nitrogens with two attached hydrogens (primary N) is 1. The Morgan fingerprint density at radius 1 is 1.41 bits per heavy atom. The predicted octanol–water partition coefficient (Wildman–Crippen LogP) is 2.26. The van der Waals surface area contributed by atoms with Crippen molar-refractivity contribution in [3.05, 3.63) is 29.6 Å². The van der Waals surface area contributed by atoms with Gasteiger partial charge in [-0.2, -0.15) is 0 Å². The number of benzene rings is 1. The number of imidazole rings is 1. The van der Waals surface area contributed by atoms with E-state index in [4.69, 9.17) is 5.73 Å². The summed E-state index contributed by atoms with van der Waals surface area (Å²) >= 11 is 0. The van der Waals surface area contributed by atoms with Crippen LogP contribution in [0.25, 0.3) is 11.0 Å². The molecule has 1 aliphatic rings. The molecule has 1 atom stereocenters. The molecule has 0 saturated heterocycles. The highest BCUT2D eigenvalue weighted by molar-refractivity contribution is 5.81. The van der Waals surface area contributed by atoms with Gasteiger partial charge in [-0.15, -0.1) is 0 Å². The maximum atomic E-state index is 6.18. The van der Waals surface area contributed by atoms with Crippen LogP contribution < -0.4 is 5.73 Å². The van der Waals surface area contributed by atoms with Gasteiger partial charge in [-0.1, -0.05) is 12.1 Å². The van der Waals surface area contributed by atoms with E-state index in [1.165, 1.54) is 23.9 Å². The van der Waals surface area contributed by atoms with Crippen molar-refractivity contribution in [1.29, 1.82) is 0 Å². The first-order valence-corrected chi connectivity index (χ1v) is 6.24. The molecule has 0 aliphatic heterocycles. The minimum absolute atomic E-state index is 0.194. The topological polar surface area (TPSA) is 43.8 Å². The van der Waals surface area contributed by atoms with Crippen molar-refractivity contribution in [1.82, 2.24) is 9.55 Å². The molecule has 3 heteroatoms. The van der Waals surface area contributed by atoms with Gasteiger partial charge < -0.3 is 10.3 Å². The Morgan fingerprint density at radius 3 is 2.71 bits per heavy atom. The third-order valence-corrected chi connectivity index (χ3v) is 4.31. The van der Waals surface area contributed by atoms with E-state index < -0.39 is 0 Å². The molecule has 2 aromatic rings. The molecule has 0 radical (unpaired) electrons. The van der Waals surface area contributed by atoms with Gasteiger partial charge in [0.05, 0.1) is 11.0 Å². The van der Waals surface area contributed by atoms with Gasteiger partial charge in [-0.25, -0.2) is 4.98 Å². The fourth-order valence-corrected chi connectivity index (χ4v) is 2.89. The van der Waals surface area contributed by atoms with E-state index in [-0.39, 0.29) is 11.5 Å². The molecular formula is C14H19N3. The Bertz CT molecular complexity index is 576. The number of rotatable bonds is 2. The van der Waals surface area contributed by atoms with Crippen LogP contribution in [0.4, 0.5) is 0 Å². The molecule has 1 heterocycles. The molecule has 17 heavy (non-hydrogen) atoms. The van der Waals surface area contributed by atoms with Crippen LogP contribution >= 0.6 is 0 Å². The Kier molecular flexibility index (Phi) is 2.11. The highest BCUT2D eigenvalue weighted by atomic mass is 15.1. The number of hydrogen-bond donors (Lipinski definition) is 1. The van der Waals surface area contributed by atoms with Gasteiger partial charge in [-0.05, 0) is 38.3 Å². The molecule has 1 unspecified atom stereocenters. The van der Waals surface area contributed by atoms with Crippen LogP contribution in [-0.4, -0.2) is 15.6 Å². The average molecular weight is 229 g/mol. The molecule has 2 N–H and O–H groups in total. The minimum atomic E-state index is 0.194. The van der Waals surface area contributed by atoms with Crippen LogP contribution in [0.1, 0.15) is 31.2 Å². The average Bonchev–Trinajstić information content (AvgIpc) is 3.04. The van der Waals surface area contributed by atoms with Crippen molar-refractivity contribution in [3.8, 4) is 0 Å². The monoisotopic (exact) mass is 229 g/mol. The second kappa shape index (κ2) is 3.33. The van der Waals surface area contributed by atoms with Crippen LogP contribution in [0.15, 0.2) is 18.2 Å². The normalized spacial score (nSPS) is 19.5. The van der Waals surface area contributed by atoms with Gasteiger partial charge in [0.15, 0.2) is 0 Å². The van der Waals surface area contributed by atoms with Crippen molar-refractivity contribution >= 4 is 11.0 Å². The Hall–Kier alpha value is -1.35. The van der Waals surface area contributed by atoms with Crippen LogP contribution in [0, 0.1) is 6.92 Å². The standard InChI is InChI=1S/C14H19N3/c1-9(15)14(7-8-14)11-5-4-6-12-13(11)17(3)10(2)16-12/h4-6,9H,7-8,15H2,1-3H3. The first-order chi connectivity index (χ1) is 8.06. The van der Waals surface area contributed by atoms with E-state index in [0.717, 1.165) is 11.3 Å². The molecule has 0 amide bonds. The predicted molar refractivity (Wildman–Crippen MR) is 70.0 cm³/mol. The summed E-state index contributed by atoms with van der Waals surface area (Å²) in [5, 5.41) is 0. The fourth-order valence-electron chi connectivity index (χ4n) is 2.89. The highest BCUT2D eigenvalue weighted by Crippen LogP contribution is 2.52. The Balaban J connectivity index is 2.30. The zero-order valence-electron chi connectivity index (χ0n) is 10.7. The SMILES string of the molecule is Cc1nc2cccc(C3(C(C)N)CC3)c2n1C. The lowest BCUT2D eigenvalue weighted by Gasteiger charge is -2.21. The van der Waals surface area contributed by atoms with Gasteiger partial charge >= 0.3 is 0 Å². The molecule has 1 aliphatic carbocycles. The maximum Gasteiger partial charge on any atom is 0.106 e. The van der Waals surface area contributed by atoms with Gasteiger partial charge in [0, 0.05) is 18.5 Å². The number of para-hydroxylation sites is 1.